The Bertz CT molecular complexity index is 844. The summed E-state index contributed by atoms with van der Waals surface area (Å²) in [4.78, 5) is 40.0. The lowest BCUT2D eigenvalue weighted by molar-refractivity contribution is -0.141. The number of carbonyl (C=O) groups excluding carboxylic acids is 2. The van der Waals surface area contributed by atoms with Crippen molar-refractivity contribution in [2.75, 3.05) is 26.2 Å². The molecule has 26 heavy (non-hydrogen) atoms. The van der Waals surface area contributed by atoms with Crippen molar-refractivity contribution in [1.82, 2.24) is 14.4 Å². The molecule has 0 spiro atoms. The van der Waals surface area contributed by atoms with E-state index in [1.54, 1.807) is 15.5 Å². The summed E-state index contributed by atoms with van der Waals surface area (Å²) in [6.45, 7) is 6.57. The summed E-state index contributed by atoms with van der Waals surface area (Å²) < 4.78 is 6.77. The van der Waals surface area contributed by atoms with Gasteiger partial charge in [0.05, 0.1) is 5.52 Å². The number of oxazole rings is 1. The van der Waals surface area contributed by atoms with Gasteiger partial charge in [0, 0.05) is 45.1 Å². The smallest absolute Gasteiger partial charge is 0.408 e. The summed E-state index contributed by atoms with van der Waals surface area (Å²) in [5.74, 6) is -0.189. The molecule has 1 aliphatic heterocycles. The van der Waals surface area contributed by atoms with Crippen LogP contribution in [0, 0.1) is 5.92 Å². The number of hydrogen-bond donors (Lipinski definition) is 0. The van der Waals surface area contributed by atoms with Crippen LogP contribution in [0.15, 0.2) is 33.5 Å². The molecule has 1 saturated heterocycles. The van der Waals surface area contributed by atoms with E-state index in [9.17, 15) is 14.4 Å². The molecule has 0 bridgehead atoms. The summed E-state index contributed by atoms with van der Waals surface area (Å²) in [6, 6.07) is 7.28. The van der Waals surface area contributed by atoms with Crippen molar-refractivity contribution < 1.29 is 14.0 Å². The molecule has 0 unspecified atom stereocenters. The van der Waals surface area contributed by atoms with Gasteiger partial charge in [-0.3, -0.25) is 14.2 Å². The number of fused-ring (bicyclic) bond motifs is 1. The summed E-state index contributed by atoms with van der Waals surface area (Å²) in [5.41, 5.74) is 1.32. The van der Waals surface area contributed by atoms with Gasteiger partial charge in [-0.1, -0.05) is 26.0 Å². The standard InChI is InChI=1S/C19H25N3O4/c1-14(2)18(24)21-12-10-20(11-13-21)17(23)8-5-9-22-15-6-3-4-7-16(15)26-19(22)25/h3-4,6-7,14H,5,8-13H2,1-2H3. The molecule has 140 valence electrons. The van der Waals surface area contributed by atoms with Crippen molar-refractivity contribution in [2.24, 2.45) is 5.92 Å². The predicted molar refractivity (Wildman–Crippen MR) is 97.7 cm³/mol. The number of benzene rings is 1. The first-order chi connectivity index (χ1) is 12.5. The SMILES string of the molecule is CC(C)C(=O)N1CCN(C(=O)CCCn2c(=O)oc3ccccc32)CC1. The van der Waals surface area contributed by atoms with Crippen molar-refractivity contribution in [3.63, 3.8) is 0 Å². The van der Waals surface area contributed by atoms with Gasteiger partial charge < -0.3 is 14.2 Å². The lowest BCUT2D eigenvalue weighted by Crippen LogP contribution is -2.51. The van der Waals surface area contributed by atoms with Crippen LogP contribution in [-0.4, -0.2) is 52.4 Å². The van der Waals surface area contributed by atoms with E-state index in [-0.39, 0.29) is 23.5 Å². The summed E-state index contributed by atoms with van der Waals surface area (Å²) in [7, 11) is 0. The van der Waals surface area contributed by atoms with Crippen molar-refractivity contribution in [3.05, 3.63) is 34.8 Å². The summed E-state index contributed by atoms with van der Waals surface area (Å²) in [5, 5.41) is 0. The number of carbonyl (C=O) groups is 2. The van der Waals surface area contributed by atoms with Crippen LogP contribution in [-0.2, 0) is 16.1 Å². The van der Waals surface area contributed by atoms with E-state index in [1.165, 1.54) is 0 Å². The molecule has 2 amide bonds. The quantitative estimate of drug-likeness (QED) is 0.814. The van der Waals surface area contributed by atoms with E-state index in [2.05, 4.69) is 0 Å². The highest BCUT2D eigenvalue weighted by molar-refractivity contribution is 5.79. The number of rotatable bonds is 5. The van der Waals surface area contributed by atoms with Crippen LogP contribution in [0.4, 0.5) is 0 Å². The lowest BCUT2D eigenvalue weighted by Gasteiger charge is -2.35. The average Bonchev–Trinajstić information content (AvgIpc) is 2.96. The molecule has 1 fully saturated rings. The maximum absolute atomic E-state index is 12.4. The molecule has 0 N–H and O–H groups in total. The Morgan fingerprint density at radius 2 is 1.73 bits per heavy atom. The Labute approximate surface area is 152 Å². The van der Waals surface area contributed by atoms with Gasteiger partial charge in [-0.2, -0.15) is 0 Å². The number of hydrogen-bond acceptors (Lipinski definition) is 4. The second-order valence-corrected chi connectivity index (χ2v) is 6.95. The molecule has 1 aliphatic rings. The van der Waals surface area contributed by atoms with Gasteiger partial charge in [-0.25, -0.2) is 4.79 Å². The summed E-state index contributed by atoms with van der Waals surface area (Å²) in [6.07, 6.45) is 0.956. The Morgan fingerprint density at radius 1 is 1.08 bits per heavy atom. The molecule has 1 aromatic heterocycles. The largest absolute Gasteiger partial charge is 0.419 e. The minimum atomic E-state index is -0.389. The van der Waals surface area contributed by atoms with Crippen molar-refractivity contribution in [2.45, 2.75) is 33.2 Å². The van der Waals surface area contributed by atoms with Gasteiger partial charge in [0.1, 0.15) is 0 Å². The third-order valence-corrected chi connectivity index (χ3v) is 4.78. The molecule has 0 atom stereocenters. The van der Waals surface area contributed by atoms with Crippen LogP contribution >= 0.6 is 0 Å². The maximum Gasteiger partial charge on any atom is 0.419 e. The maximum atomic E-state index is 12.4. The molecule has 0 saturated carbocycles. The lowest BCUT2D eigenvalue weighted by atomic mass is 10.1. The number of amides is 2. The molecular formula is C19H25N3O4. The highest BCUT2D eigenvalue weighted by Gasteiger charge is 2.25. The molecule has 0 radical (unpaired) electrons. The molecule has 2 aromatic rings. The monoisotopic (exact) mass is 359 g/mol. The molecular weight excluding hydrogens is 334 g/mol. The summed E-state index contributed by atoms with van der Waals surface area (Å²) >= 11 is 0. The van der Waals surface area contributed by atoms with Crippen LogP contribution in [0.1, 0.15) is 26.7 Å². The van der Waals surface area contributed by atoms with E-state index in [0.29, 0.717) is 51.1 Å². The number of para-hydroxylation sites is 2. The average molecular weight is 359 g/mol. The fraction of sp³-hybridized carbons (Fsp3) is 0.526. The zero-order valence-corrected chi connectivity index (χ0v) is 15.3. The first-order valence-corrected chi connectivity index (χ1v) is 9.12. The van der Waals surface area contributed by atoms with E-state index in [0.717, 1.165) is 5.52 Å². The zero-order chi connectivity index (χ0) is 18.7. The number of aryl methyl sites for hydroxylation is 1. The second kappa shape index (κ2) is 7.76. The molecule has 1 aromatic carbocycles. The highest BCUT2D eigenvalue weighted by atomic mass is 16.4. The van der Waals surface area contributed by atoms with Gasteiger partial charge >= 0.3 is 5.76 Å². The third-order valence-electron chi connectivity index (χ3n) is 4.78. The first kappa shape index (κ1) is 18.2. The van der Waals surface area contributed by atoms with Gasteiger partial charge in [-0.05, 0) is 18.6 Å². The Kier molecular flexibility index (Phi) is 5.44. The topological polar surface area (TPSA) is 75.8 Å². The van der Waals surface area contributed by atoms with Crippen molar-refractivity contribution in [3.8, 4) is 0 Å². The Balaban J connectivity index is 1.50. The van der Waals surface area contributed by atoms with Gasteiger partial charge in [0.2, 0.25) is 11.8 Å². The Hall–Kier alpha value is -2.57. The molecule has 7 heteroatoms. The van der Waals surface area contributed by atoms with Gasteiger partial charge in [-0.15, -0.1) is 0 Å². The normalized spacial score (nSPS) is 15.0. The van der Waals surface area contributed by atoms with Gasteiger partial charge in [0.15, 0.2) is 5.58 Å². The molecule has 7 nitrogen and oxygen atoms in total. The van der Waals surface area contributed by atoms with E-state index in [1.807, 2.05) is 36.9 Å². The minimum absolute atomic E-state index is 0.0136. The van der Waals surface area contributed by atoms with Gasteiger partial charge in [0.25, 0.3) is 0 Å². The van der Waals surface area contributed by atoms with E-state index >= 15 is 0 Å². The second-order valence-electron chi connectivity index (χ2n) is 6.95. The fourth-order valence-electron chi connectivity index (χ4n) is 3.31. The molecule has 2 heterocycles. The predicted octanol–water partition coefficient (Wildman–Crippen LogP) is 1.70. The first-order valence-electron chi connectivity index (χ1n) is 9.12. The van der Waals surface area contributed by atoms with Crippen LogP contribution < -0.4 is 5.76 Å². The minimum Gasteiger partial charge on any atom is -0.408 e. The van der Waals surface area contributed by atoms with Crippen molar-refractivity contribution >= 4 is 22.9 Å². The number of aromatic nitrogens is 1. The zero-order valence-electron chi connectivity index (χ0n) is 15.3. The van der Waals surface area contributed by atoms with Crippen molar-refractivity contribution in [1.29, 1.82) is 0 Å². The fourth-order valence-corrected chi connectivity index (χ4v) is 3.31. The number of piperazine rings is 1. The van der Waals surface area contributed by atoms with E-state index < -0.39 is 0 Å². The number of nitrogens with zero attached hydrogens (tertiary/aromatic N) is 3. The van der Waals surface area contributed by atoms with Crippen LogP contribution in [0.3, 0.4) is 0 Å². The van der Waals surface area contributed by atoms with E-state index in [4.69, 9.17) is 4.42 Å². The van der Waals surface area contributed by atoms with Crippen LogP contribution in [0.25, 0.3) is 11.1 Å². The van der Waals surface area contributed by atoms with Crippen LogP contribution in [0.5, 0.6) is 0 Å². The molecule has 0 aliphatic carbocycles. The Morgan fingerprint density at radius 3 is 2.42 bits per heavy atom. The highest BCUT2D eigenvalue weighted by Crippen LogP contribution is 2.13. The third kappa shape index (κ3) is 3.81. The molecule has 3 rings (SSSR count). The van der Waals surface area contributed by atoms with Crippen LogP contribution in [0.2, 0.25) is 0 Å².